The summed E-state index contributed by atoms with van der Waals surface area (Å²) in [5, 5.41) is 15.1. The van der Waals surface area contributed by atoms with E-state index in [9.17, 15) is 19.5 Å². The molecule has 0 bridgehead atoms. The minimum Gasteiger partial charge on any atom is -0.481 e. The highest BCUT2D eigenvalue weighted by atomic mass is 16.5. The molecule has 0 unspecified atom stereocenters. The van der Waals surface area contributed by atoms with E-state index in [-0.39, 0.29) is 31.6 Å². The van der Waals surface area contributed by atoms with Gasteiger partial charge in [-0.05, 0) is 53.5 Å². The quantitative estimate of drug-likeness (QED) is 0.302. The van der Waals surface area contributed by atoms with Crippen LogP contribution in [0.2, 0.25) is 0 Å². The maximum Gasteiger partial charge on any atom is 0.407 e. The molecule has 0 radical (unpaired) electrons. The lowest BCUT2D eigenvalue weighted by atomic mass is 9.96. The van der Waals surface area contributed by atoms with Crippen molar-refractivity contribution in [3.8, 4) is 11.1 Å². The summed E-state index contributed by atoms with van der Waals surface area (Å²) in [6.45, 7) is 2.34. The van der Waals surface area contributed by atoms with Gasteiger partial charge in [0.2, 0.25) is 5.91 Å². The highest BCUT2D eigenvalue weighted by molar-refractivity contribution is 5.86. The standard InChI is InChI=1S/C33H36N2O6/c1-21(40-19-22-10-3-2-4-11-22)30(31(36)34-18-23-12-9-17-24(23)32(37)38)35-33(39)41-20-29-27-15-7-5-13-25(27)26-14-6-8-16-28(26)29/h2-8,10-11,13-16,21,23-24,29-30H,9,12,17-20H2,1H3,(H,34,36)(H,35,39)(H,37,38)/t21-,23+,24+,30+/m0/s1. The average molecular weight is 557 g/mol. The molecule has 2 aliphatic rings. The van der Waals surface area contributed by atoms with Crippen LogP contribution in [0.1, 0.15) is 48.8 Å². The van der Waals surface area contributed by atoms with Crippen LogP contribution in [-0.4, -0.2) is 48.4 Å². The molecule has 0 aromatic heterocycles. The van der Waals surface area contributed by atoms with Crippen LogP contribution in [0.5, 0.6) is 0 Å². The molecule has 0 heterocycles. The van der Waals surface area contributed by atoms with Crippen LogP contribution in [0, 0.1) is 11.8 Å². The Morgan fingerprint density at radius 1 is 0.902 bits per heavy atom. The number of nitrogens with one attached hydrogen (secondary N) is 2. The van der Waals surface area contributed by atoms with E-state index in [0.717, 1.165) is 40.7 Å². The van der Waals surface area contributed by atoms with Crippen molar-refractivity contribution in [2.24, 2.45) is 11.8 Å². The third-order valence-electron chi connectivity index (χ3n) is 8.24. The smallest absolute Gasteiger partial charge is 0.407 e. The number of alkyl carbamates (subject to hydrolysis) is 1. The Labute approximate surface area is 240 Å². The second-order valence-corrected chi connectivity index (χ2v) is 10.8. The molecular weight excluding hydrogens is 520 g/mol. The van der Waals surface area contributed by atoms with E-state index in [1.54, 1.807) is 6.92 Å². The minimum atomic E-state index is -1.03. The predicted octanol–water partition coefficient (Wildman–Crippen LogP) is 5.12. The number of carboxylic acids is 1. The van der Waals surface area contributed by atoms with E-state index in [0.29, 0.717) is 6.42 Å². The van der Waals surface area contributed by atoms with Crippen LogP contribution < -0.4 is 10.6 Å². The summed E-state index contributed by atoms with van der Waals surface area (Å²) in [6.07, 6.45) is 0.770. The lowest BCUT2D eigenvalue weighted by Crippen LogP contribution is -2.54. The normalized spacial score (nSPS) is 19.0. The summed E-state index contributed by atoms with van der Waals surface area (Å²) in [5.74, 6) is -2.00. The first-order chi connectivity index (χ1) is 19.9. The first kappa shape index (κ1) is 28.4. The Hall–Kier alpha value is -4.17. The number of aliphatic carboxylic acids is 1. The Balaban J connectivity index is 1.24. The number of carbonyl (C=O) groups excluding carboxylic acids is 2. The van der Waals surface area contributed by atoms with Gasteiger partial charge in [0.25, 0.3) is 0 Å². The zero-order valence-corrected chi connectivity index (χ0v) is 23.1. The number of rotatable bonds is 11. The maximum atomic E-state index is 13.3. The van der Waals surface area contributed by atoms with E-state index >= 15 is 0 Å². The van der Waals surface area contributed by atoms with Crippen LogP contribution >= 0.6 is 0 Å². The van der Waals surface area contributed by atoms with Crippen molar-refractivity contribution in [2.75, 3.05) is 13.2 Å². The van der Waals surface area contributed by atoms with Crippen molar-refractivity contribution in [3.05, 3.63) is 95.6 Å². The van der Waals surface area contributed by atoms with Crippen molar-refractivity contribution in [1.82, 2.24) is 10.6 Å². The number of ether oxygens (including phenoxy) is 2. The number of benzene rings is 3. The highest BCUT2D eigenvalue weighted by Crippen LogP contribution is 2.44. The molecule has 8 heteroatoms. The maximum absolute atomic E-state index is 13.3. The van der Waals surface area contributed by atoms with Gasteiger partial charge in [-0.1, -0.05) is 85.3 Å². The van der Waals surface area contributed by atoms with Crippen LogP contribution in [0.3, 0.4) is 0 Å². The van der Waals surface area contributed by atoms with E-state index < -0.39 is 36.0 Å². The van der Waals surface area contributed by atoms with Gasteiger partial charge < -0.3 is 25.2 Å². The van der Waals surface area contributed by atoms with Gasteiger partial charge in [-0.25, -0.2) is 4.79 Å². The van der Waals surface area contributed by atoms with E-state index in [2.05, 4.69) is 22.8 Å². The van der Waals surface area contributed by atoms with Crippen molar-refractivity contribution in [2.45, 2.75) is 50.9 Å². The zero-order valence-electron chi connectivity index (χ0n) is 23.1. The lowest BCUT2D eigenvalue weighted by molar-refractivity contribution is -0.143. The summed E-state index contributed by atoms with van der Waals surface area (Å²) >= 11 is 0. The molecule has 3 N–H and O–H groups in total. The fourth-order valence-electron chi connectivity index (χ4n) is 6.01. The summed E-state index contributed by atoms with van der Waals surface area (Å²) in [5.41, 5.74) is 5.39. The number of hydrogen-bond acceptors (Lipinski definition) is 5. The van der Waals surface area contributed by atoms with Crippen LogP contribution in [0.25, 0.3) is 11.1 Å². The van der Waals surface area contributed by atoms with E-state index in [1.807, 2.05) is 66.7 Å². The monoisotopic (exact) mass is 556 g/mol. The zero-order chi connectivity index (χ0) is 28.8. The van der Waals surface area contributed by atoms with Gasteiger partial charge in [0.1, 0.15) is 12.6 Å². The minimum absolute atomic E-state index is 0.109. The first-order valence-electron chi connectivity index (χ1n) is 14.2. The molecule has 1 fully saturated rings. The summed E-state index contributed by atoms with van der Waals surface area (Å²) in [4.78, 5) is 38.0. The van der Waals surface area contributed by atoms with Crippen molar-refractivity contribution < 1.29 is 29.0 Å². The molecule has 3 aromatic carbocycles. The van der Waals surface area contributed by atoms with Gasteiger partial charge >= 0.3 is 12.1 Å². The Morgan fingerprint density at radius 3 is 2.20 bits per heavy atom. The molecule has 0 aliphatic heterocycles. The number of amides is 2. The van der Waals surface area contributed by atoms with Gasteiger partial charge in [0, 0.05) is 12.5 Å². The lowest BCUT2D eigenvalue weighted by Gasteiger charge is -2.26. The van der Waals surface area contributed by atoms with Crippen LogP contribution in [0.15, 0.2) is 78.9 Å². The molecule has 214 valence electrons. The molecule has 5 rings (SSSR count). The molecule has 2 amide bonds. The van der Waals surface area contributed by atoms with E-state index in [4.69, 9.17) is 9.47 Å². The predicted molar refractivity (Wildman–Crippen MR) is 154 cm³/mol. The SMILES string of the molecule is C[C@H](OCc1ccccc1)[C@@H](NC(=O)OCC1c2ccccc2-c2ccccc21)C(=O)NC[C@H]1CCC[C@H]1C(=O)O. The third kappa shape index (κ3) is 6.60. The average Bonchev–Trinajstić information content (AvgIpc) is 3.60. The first-order valence-corrected chi connectivity index (χ1v) is 14.2. The topological polar surface area (TPSA) is 114 Å². The molecule has 3 aromatic rings. The van der Waals surface area contributed by atoms with E-state index in [1.165, 1.54) is 0 Å². The number of carboxylic acid groups (broad SMARTS) is 1. The summed E-state index contributed by atoms with van der Waals surface area (Å²) in [7, 11) is 0. The molecule has 1 saturated carbocycles. The number of fused-ring (bicyclic) bond motifs is 3. The second-order valence-electron chi connectivity index (χ2n) is 10.8. The largest absolute Gasteiger partial charge is 0.481 e. The Morgan fingerprint density at radius 2 is 1.54 bits per heavy atom. The number of carbonyl (C=O) groups is 3. The highest BCUT2D eigenvalue weighted by Gasteiger charge is 2.35. The molecule has 8 nitrogen and oxygen atoms in total. The van der Waals surface area contributed by atoms with Crippen molar-refractivity contribution >= 4 is 18.0 Å². The third-order valence-corrected chi connectivity index (χ3v) is 8.24. The van der Waals surface area contributed by atoms with Gasteiger partial charge in [-0.3, -0.25) is 9.59 Å². The Bertz CT molecular complexity index is 1330. The molecule has 0 spiro atoms. The second kappa shape index (κ2) is 13.0. The summed E-state index contributed by atoms with van der Waals surface area (Å²) in [6, 6.07) is 24.7. The molecule has 41 heavy (non-hydrogen) atoms. The van der Waals surface area contributed by atoms with Crippen molar-refractivity contribution in [1.29, 1.82) is 0 Å². The van der Waals surface area contributed by atoms with Gasteiger partial charge in [0.05, 0.1) is 18.6 Å². The van der Waals surface area contributed by atoms with Gasteiger partial charge in [-0.2, -0.15) is 0 Å². The number of hydrogen-bond donors (Lipinski definition) is 3. The van der Waals surface area contributed by atoms with Crippen LogP contribution in [-0.2, 0) is 25.7 Å². The fraction of sp³-hybridized carbons (Fsp3) is 0.364. The molecule has 2 aliphatic carbocycles. The van der Waals surface area contributed by atoms with Gasteiger partial charge in [0.15, 0.2) is 0 Å². The Kier molecular flexibility index (Phi) is 8.99. The van der Waals surface area contributed by atoms with Crippen LogP contribution in [0.4, 0.5) is 4.79 Å². The van der Waals surface area contributed by atoms with Gasteiger partial charge in [-0.15, -0.1) is 0 Å². The van der Waals surface area contributed by atoms with Crippen molar-refractivity contribution in [3.63, 3.8) is 0 Å². The fourth-order valence-corrected chi connectivity index (χ4v) is 6.01. The molecule has 0 saturated heterocycles. The molecule has 4 atom stereocenters. The summed E-state index contributed by atoms with van der Waals surface area (Å²) < 4.78 is 11.7. The molecular formula is C33H36N2O6.